The quantitative estimate of drug-likeness (QED) is 0.726. The molecule has 0 aliphatic carbocycles. The number of carbonyl (C=O) groups is 3. The van der Waals surface area contributed by atoms with E-state index >= 15 is 0 Å². The van der Waals surface area contributed by atoms with E-state index in [1.54, 1.807) is 45.0 Å². The van der Waals surface area contributed by atoms with Gasteiger partial charge in [0, 0.05) is 12.0 Å². The third-order valence-corrected chi connectivity index (χ3v) is 4.00. The van der Waals surface area contributed by atoms with Crippen LogP contribution < -0.4 is 5.32 Å². The summed E-state index contributed by atoms with van der Waals surface area (Å²) in [6.45, 7) is 5.28. The van der Waals surface area contributed by atoms with Crippen LogP contribution in [0.25, 0.3) is 0 Å². The maximum Gasteiger partial charge on any atom is 0.338 e. The highest BCUT2D eigenvalue weighted by Gasteiger charge is 2.24. The molecule has 6 nitrogen and oxygen atoms in total. The SMILES string of the molecule is COC(=O)[C@@H](Cc1ccc(C(=O)OC(C)(C)C)cc1)NC(=O)c1ccc(F)c(F)c1. The van der Waals surface area contributed by atoms with Gasteiger partial charge in [-0.05, 0) is 56.7 Å². The first-order valence-electron chi connectivity index (χ1n) is 9.16. The number of benzene rings is 2. The highest BCUT2D eigenvalue weighted by molar-refractivity contribution is 5.96. The Kier molecular flexibility index (Phi) is 7.26. The molecule has 0 heterocycles. The molecule has 0 spiro atoms. The molecular formula is C22H23F2NO5. The average Bonchev–Trinajstić information content (AvgIpc) is 2.68. The number of rotatable bonds is 6. The molecule has 30 heavy (non-hydrogen) atoms. The summed E-state index contributed by atoms with van der Waals surface area (Å²) >= 11 is 0. The Morgan fingerprint density at radius 1 is 0.967 bits per heavy atom. The van der Waals surface area contributed by atoms with Crippen LogP contribution in [0.5, 0.6) is 0 Å². The van der Waals surface area contributed by atoms with Crippen LogP contribution in [0.4, 0.5) is 8.78 Å². The molecule has 8 heteroatoms. The third-order valence-electron chi connectivity index (χ3n) is 4.00. The molecule has 160 valence electrons. The Bertz CT molecular complexity index is 936. The van der Waals surface area contributed by atoms with Gasteiger partial charge in [-0.25, -0.2) is 18.4 Å². The Morgan fingerprint density at radius 2 is 1.57 bits per heavy atom. The molecule has 0 aliphatic heterocycles. The summed E-state index contributed by atoms with van der Waals surface area (Å²) in [5.41, 5.74) is 0.219. The van der Waals surface area contributed by atoms with Gasteiger partial charge in [-0.1, -0.05) is 12.1 Å². The number of methoxy groups -OCH3 is 1. The fraction of sp³-hybridized carbons (Fsp3) is 0.318. The molecular weight excluding hydrogens is 396 g/mol. The van der Waals surface area contributed by atoms with Gasteiger partial charge in [0.2, 0.25) is 0 Å². The lowest BCUT2D eigenvalue weighted by atomic mass is 10.0. The molecule has 0 fully saturated rings. The number of esters is 2. The molecule has 2 aromatic rings. The van der Waals surface area contributed by atoms with Gasteiger partial charge in [0.1, 0.15) is 11.6 Å². The van der Waals surface area contributed by atoms with Crippen LogP contribution in [-0.4, -0.2) is 36.6 Å². The van der Waals surface area contributed by atoms with E-state index in [1.807, 2.05) is 0 Å². The predicted molar refractivity (Wildman–Crippen MR) is 105 cm³/mol. The Hall–Kier alpha value is -3.29. The summed E-state index contributed by atoms with van der Waals surface area (Å²) < 4.78 is 36.4. The van der Waals surface area contributed by atoms with Crippen molar-refractivity contribution in [2.24, 2.45) is 0 Å². The Morgan fingerprint density at radius 3 is 2.10 bits per heavy atom. The summed E-state index contributed by atoms with van der Waals surface area (Å²) in [6, 6.07) is 7.96. The number of ether oxygens (including phenoxy) is 2. The van der Waals surface area contributed by atoms with Crippen molar-refractivity contribution >= 4 is 17.8 Å². The third kappa shape index (κ3) is 6.37. The second-order valence-electron chi connectivity index (χ2n) is 7.58. The van der Waals surface area contributed by atoms with Crippen molar-refractivity contribution in [1.29, 1.82) is 0 Å². The second kappa shape index (κ2) is 9.47. The van der Waals surface area contributed by atoms with Gasteiger partial charge < -0.3 is 14.8 Å². The van der Waals surface area contributed by atoms with E-state index in [2.05, 4.69) is 5.32 Å². The number of carbonyl (C=O) groups excluding carboxylic acids is 3. The molecule has 0 unspecified atom stereocenters. The summed E-state index contributed by atoms with van der Waals surface area (Å²) in [6.07, 6.45) is 0.0662. The fourth-order valence-corrected chi connectivity index (χ4v) is 2.56. The molecule has 0 saturated carbocycles. The zero-order valence-corrected chi connectivity index (χ0v) is 17.1. The molecule has 0 aromatic heterocycles. The first kappa shape index (κ1) is 23.0. The van der Waals surface area contributed by atoms with E-state index in [0.29, 0.717) is 11.1 Å². The molecule has 0 aliphatic rings. The first-order valence-corrected chi connectivity index (χ1v) is 9.16. The zero-order valence-electron chi connectivity index (χ0n) is 17.1. The van der Waals surface area contributed by atoms with E-state index in [4.69, 9.17) is 9.47 Å². The Balaban J connectivity index is 2.12. The maximum atomic E-state index is 13.4. The largest absolute Gasteiger partial charge is 0.467 e. The van der Waals surface area contributed by atoms with Gasteiger partial charge in [0.05, 0.1) is 12.7 Å². The van der Waals surface area contributed by atoms with Crippen LogP contribution in [-0.2, 0) is 20.7 Å². The van der Waals surface area contributed by atoms with Crippen LogP contribution in [0.1, 0.15) is 47.1 Å². The standard InChI is InChI=1S/C22H23F2NO5/c1-22(2,3)30-20(27)14-7-5-13(6-8-14)11-18(21(28)29-4)25-19(26)15-9-10-16(23)17(24)12-15/h5-10,12,18H,11H2,1-4H3,(H,25,26)/t18-/m1/s1. The van der Waals surface area contributed by atoms with E-state index in [0.717, 1.165) is 18.2 Å². The molecule has 1 N–H and O–H groups in total. The number of amides is 1. The van der Waals surface area contributed by atoms with Crippen molar-refractivity contribution in [3.8, 4) is 0 Å². The number of halogens is 2. The Labute approximate surface area is 173 Å². The van der Waals surface area contributed by atoms with E-state index in [-0.39, 0.29) is 12.0 Å². The van der Waals surface area contributed by atoms with E-state index in [9.17, 15) is 23.2 Å². The van der Waals surface area contributed by atoms with E-state index < -0.39 is 41.1 Å². The smallest absolute Gasteiger partial charge is 0.338 e. The normalized spacial score (nSPS) is 12.1. The summed E-state index contributed by atoms with van der Waals surface area (Å²) in [4.78, 5) is 36.5. The van der Waals surface area contributed by atoms with Crippen LogP contribution in [0, 0.1) is 11.6 Å². The van der Waals surface area contributed by atoms with Gasteiger partial charge in [0.15, 0.2) is 11.6 Å². The number of hydrogen-bond acceptors (Lipinski definition) is 5. The maximum absolute atomic E-state index is 13.4. The molecule has 2 aromatic carbocycles. The lowest BCUT2D eigenvalue weighted by Gasteiger charge is -2.20. The lowest BCUT2D eigenvalue weighted by molar-refractivity contribution is -0.142. The molecule has 0 bridgehead atoms. The predicted octanol–water partition coefficient (Wildman–Crippen LogP) is 3.43. The van der Waals surface area contributed by atoms with Gasteiger partial charge in [-0.2, -0.15) is 0 Å². The van der Waals surface area contributed by atoms with Crippen LogP contribution in [0.3, 0.4) is 0 Å². The molecule has 1 amide bonds. The van der Waals surface area contributed by atoms with Crippen molar-refractivity contribution in [3.63, 3.8) is 0 Å². The fourth-order valence-electron chi connectivity index (χ4n) is 2.56. The lowest BCUT2D eigenvalue weighted by Crippen LogP contribution is -2.43. The number of nitrogens with one attached hydrogen (secondary N) is 1. The van der Waals surface area contributed by atoms with Crippen molar-refractivity contribution < 1.29 is 32.6 Å². The average molecular weight is 419 g/mol. The van der Waals surface area contributed by atoms with Gasteiger partial charge in [-0.15, -0.1) is 0 Å². The van der Waals surface area contributed by atoms with Crippen LogP contribution in [0.2, 0.25) is 0 Å². The van der Waals surface area contributed by atoms with Crippen LogP contribution >= 0.6 is 0 Å². The molecule has 0 saturated heterocycles. The summed E-state index contributed by atoms with van der Waals surface area (Å²) in [5.74, 6) is -4.20. The van der Waals surface area contributed by atoms with Crippen molar-refractivity contribution in [3.05, 3.63) is 70.8 Å². The van der Waals surface area contributed by atoms with Gasteiger partial charge in [-0.3, -0.25) is 4.79 Å². The van der Waals surface area contributed by atoms with E-state index in [1.165, 1.54) is 7.11 Å². The molecule has 0 radical (unpaired) electrons. The zero-order chi connectivity index (χ0) is 22.5. The second-order valence-corrected chi connectivity index (χ2v) is 7.58. The summed E-state index contributed by atoms with van der Waals surface area (Å²) in [5, 5.41) is 2.45. The highest BCUT2D eigenvalue weighted by atomic mass is 19.2. The minimum Gasteiger partial charge on any atom is -0.467 e. The van der Waals surface area contributed by atoms with Crippen molar-refractivity contribution in [2.75, 3.05) is 7.11 Å². The first-order chi connectivity index (χ1) is 14.0. The van der Waals surface area contributed by atoms with Crippen molar-refractivity contribution in [2.45, 2.75) is 38.8 Å². The van der Waals surface area contributed by atoms with Crippen LogP contribution in [0.15, 0.2) is 42.5 Å². The van der Waals surface area contributed by atoms with Crippen molar-refractivity contribution in [1.82, 2.24) is 5.32 Å². The van der Waals surface area contributed by atoms with Gasteiger partial charge >= 0.3 is 11.9 Å². The minimum atomic E-state index is -1.17. The molecule has 1 atom stereocenters. The summed E-state index contributed by atoms with van der Waals surface area (Å²) in [7, 11) is 1.17. The number of hydrogen-bond donors (Lipinski definition) is 1. The highest BCUT2D eigenvalue weighted by Crippen LogP contribution is 2.14. The topological polar surface area (TPSA) is 81.7 Å². The van der Waals surface area contributed by atoms with Gasteiger partial charge in [0.25, 0.3) is 5.91 Å². The minimum absolute atomic E-state index is 0.0662. The molecule has 2 rings (SSSR count). The monoisotopic (exact) mass is 419 g/mol.